The molecule has 2 aromatic carbocycles. The van der Waals surface area contributed by atoms with Gasteiger partial charge in [-0.1, -0.05) is 18.2 Å². The topological polar surface area (TPSA) is 52.9 Å². The summed E-state index contributed by atoms with van der Waals surface area (Å²) in [6.45, 7) is 2.27. The van der Waals surface area contributed by atoms with E-state index in [1.54, 1.807) is 30.5 Å². The zero-order valence-electron chi connectivity index (χ0n) is 12.3. The van der Waals surface area contributed by atoms with Crippen LogP contribution in [0.2, 0.25) is 0 Å². The third kappa shape index (κ3) is 3.34. The van der Waals surface area contributed by atoms with Crippen molar-refractivity contribution in [1.29, 1.82) is 0 Å². The molecular weight excluding hydrogens is 276 g/mol. The smallest absolute Gasteiger partial charge is 0.335 e. The van der Waals surface area contributed by atoms with Crippen LogP contribution in [0.3, 0.4) is 0 Å². The second-order valence-electron chi connectivity index (χ2n) is 5.40. The minimum Gasteiger partial charge on any atom is -0.478 e. The van der Waals surface area contributed by atoms with Crippen molar-refractivity contribution in [2.75, 3.05) is 18.0 Å². The fourth-order valence-corrected chi connectivity index (χ4v) is 2.61. The molecule has 112 valence electrons. The summed E-state index contributed by atoms with van der Waals surface area (Å²) in [5.41, 5.74) is 3.15. The van der Waals surface area contributed by atoms with E-state index in [-0.39, 0.29) is 5.56 Å². The molecule has 3 rings (SSSR count). The number of carboxylic acids is 1. The van der Waals surface area contributed by atoms with Gasteiger partial charge in [0.1, 0.15) is 0 Å². The van der Waals surface area contributed by atoms with Gasteiger partial charge in [0.05, 0.1) is 11.3 Å². The minimum absolute atomic E-state index is 0.249. The SMILES string of the molecule is O=C(O)c1cccc(N=Cc2ccc(N3CCCC3)cc2)c1. The maximum Gasteiger partial charge on any atom is 0.335 e. The number of carbonyl (C=O) groups is 1. The number of aliphatic imine (C=N–C) groups is 1. The maximum atomic E-state index is 10.9. The van der Waals surface area contributed by atoms with E-state index in [0.717, 1.165) is 18.7 Å². The normalized spacial score (nSPS) is 14.6. The van der Waals surface area contributed by atoms with Crippen LogP contribution in [-0.2, 0) is 0 Å². The lowest BCUT2D eigenvalue weighted by atomic mass is 10.2. The molecule has 1 saturated heterocycles. The Hall–Kier alpha value is -2.62. The molecule has 1 aliphatic rings. The third-order valence-electron chi connectivity index (χ3n) is 3.82. The van der Waals surface area contributed by atoms with Crippen molar-refractivity contribution >= 4 is 23.6 Å². The molecule has 0 aliphatic carbocycles. The molecule has 0 bridgehead atoms. The predicted octanol–water partition coefficient (Wildman–Crippen LogP) is 3.74. The molecule has 22 heavy (non-hydrogen) atoms. The van der Waals surface area contributed by atoms with Crippen molar-refractivity contribution in [2.45, 2.75) is 12.8 Å². The summed E-state index contributed by atoms with van der Waals surface area (Å²) in [5.74, 6) is -0.938. The van der Waals surface area contributed by atoms with E-state index < -0.39 is 5.97 Å². The highest BCUT2D eigenvalue weighted by Crippen LogP contribution is 2.20. The van der Waals surface area contributed by atoms with E-state index in [9.17, 15) is 4.79 Å². The number of hydrogen-bond donors (Lipinski definition) is 1. The van der Waals surface area contributed by atoms with E-state index in [1.807, 2.05) is 12.1 Å². The van der Waals surface area contributed by atoms with Crippen LogP contribution < -0.4 is 4.90 Å². The van der Waals surface area contributed by atoms with Crippen molar-refractivity contribution in [1.82, 2.24) is 0 Å². The predicted molar refractivity (Wildman–Crippen MR) is 88.5 cm³/mol. The molecule has 2 aromatic rings. The first kappa shape index (κ1) is 14.3. The summed E-state index contributed by atoms with van der Waals surface area (Å²) in [6.07, 6.45) is 4.29. The molecule has 0 radical (unpaired) electrons. The van der Waals surface area contributed by atoms with Gasteiger partial charge >= 0.3 is 5.97 Å². The fourth-order valence-electron chi connectivity index (χ4n) is 2.61. The van der Waals surface area contributed by atoms with Crippen molar-refractivity contribution in [3.63, 3.8) is 0 Å². The van der Waals surface area contributed by atoms with Gasteiger partial charge < -0.3 is 10.0 Å². The Morgan fingerprint density at radius 3 is 2.50 bits per heavy atom. The van der Waals surface area contributed by atoms with Gasteiger partial charge in [0.2, 0.25) is 0 Å². The van der Waals surface area contributed by atoms with Crippen molar-refractivity contribution in [3.05, 3.63) is 59.7 Å². The van der Waals surface area contributed by atoms with Crippen LogP contribution in [0.1, 0.15) is 28.8 Å². The number of carboxylic acid groups (broad SMARTS) is 1. The fraction of sp³-hybridized carbons (Fsp3) is 0.222. The second-order valence-corrected chi connectivity index (χ2v) is 5.40. The van der Waals surface area contributed by atoms with Crippen LogP contribution in [0.5, 0.6) is 0 Å². The van der Waals surface area contributed by atoms with Crippen molar-refractivity contribution < 1.29 is 9.90 Å². The van der Waals surface area contributed by atoms with Crippen LogP contribution >= 0.6 is 0 Å². The summed E-state index contributed by atoms with van der Waals surface area (Å²) >= 11 is 0. The Labute approximate surface area is 129 Å². The van der Waals surface area contributed by atoms with Crippen LogP contribution in [0.15, 0.2) is 53.5 Å². The number of anilines is 1. The van der Waals surface area contributed by atoms with Gasteiger partial charge in [-0.15, -0.1) is 0 Å². The Morgan fingerprint density at radius 1 is 1.09 bits per heavy atom. The van der Waals surface area contributed by atoms with Crippen LogP contribution in [-0.4, -0.2) is 30.4 Å². The minimum atomic E-state index is -0.938. The maximum absolute atomic E-state index is 10.9. The lowest BCUT2D eigenvalue weighted by molar-refractivity contribution is 0.0697. The highest BCUT2D eigenvalue weighted by atomic mass is 16.4. The first-order valence-electron chi connectivity index (χ1n) is 7.45. The molecule has 1 aliphatic heterocycles. The molecule has 0 unspecified atom stereocenters. The molecule has 0 atom stereocenters. The Kier molecular flexibility index (Phi) is 4.19. The Bertz CT molecular complexity index is 686. The zero-order chi connectivity index (χ0) is 15.4. The number of benzene rings is 2. The number of nitrogens with zero attached hydrogens (tertiary/aromatic N) is 2. The van der Waals surface area contributed by atoms with Gasteiger partial charge in [0.15, 0.2) is 0 Å². The van der Waals surface area contributed by atoms with Crippen LogP contribution in [0.4, 0.5) is 11.4 Å². The summed E-state index contributed by atoms with van der Waals surface area (Å²) in [5, 5.41) is 8.97. The summed E-state index contributed by atoms with van der Waals surface area (Å²) < 4.78 is 0. The molecule has 4 nitrogen and oxygen atoms in total. The summed E-state index contributed by atoms with van der Waals surface area (Å²) in [7, 11) is 0. The summed E-state index contributed by atoms with van der Waals surface area (Å²) in [4.78, 5) is 17.7. The largest absolute Gasteiger partial charge is 0.478 e. The van der Waals surface area contributed by atoms with Gasteiger partial charge in [-0.05, 0) is 48.7 Å². The quantitative estimate of drug-likeness (QED) is 0.874. The average molecular weight is 294 g/mol. The molecular formula is C18H18N2O2. The number of aromatic carboxylic acids is 1. The van der Waals surface area contributed by atoms with E-state index in [2.05, 4.69) is 22.0 Å². The van der Waals surface area contributed by atoms with Gasteiger partial charge in [0.25, 0.3) is 0 Å². The van der Waals surface area contributed by atoms with Crippen LogP contribution in [0, 0.1) is 0 Å². The summed E-state index contributed by atoms with van der Waals surface area (Å²) in [6, 6.07) is 14.9. The molecule has 0 aromatic heterocycles. The first-order valence-corrected chi connectivity index (χ1v) is 7.45. The number of rotatable bonds is 4. The molecule has 0 saturated carbocycles. The van der Waals surface area contributed by atoms with E-state index >= 15 is 0 Å². The van der Waals surface area contributed by atoms with E-state index in [4.69, 9.17) is 5.11 Å². The van der Waals surface area contributed by atoms with Crippen molar-refractivity contribution in [3.8, 4) is 0 Å². The molecule has 0 amide bonds. The van der Waals surface area contributed by atoms with Crippen LogP contribution in [0.25, 0.3) is 0 Å². The molecule has 4 heteroatoms. The standard InChI is InChI=1S/C18H18N2O2/c21-18(22)15-4-3-5-16(12-15)19-13-14-6-8-17(9-7-14)20-10-1-2-11-20/h3-9,12-13H,1-2,10-11H2,(H,21,22). The number of hydrogen-bond acceptors (Lipinski definition) is 3. The van der Waals surface area contributed by atoms with E-state index in [1.165, 1.54) is 18.5 Å². The first-order chi connectivity index (χ1) is 10.7. The Balaban J connectivity index is 1.72. The molecule has 1 N–H and O–H groups in total. The average Bonchev–Trinajstić information content (AvgIpc) is 3.08. The highest BCUT2D eigenvalue weighted by Gasteiger charge is 2.11. The van der Waals surface area contributed by atoms with Gasteiger partial charge in [-0.3, -0.25) is 4.99 Å². The lowest BCUT2D eigenvalue weighted by Gasteiger charge is -2.17. The van der Waals surface area contributed by atoms with Gasteiger partial charge in [0, 0.05) is 25.0 Å². The third-order valence-corrected chi connectivity index (χ3v) is 3.82. The zero-order valence-corrected chi connectivity index (χ0v) is 12.3. The molecule has 1 fully saturated rings. The lowest BCUT2D eigenvalue weighted by Crippen LogP contribution is -2.17. The Morgan fingerprint density at radius 2 is 1.82 bits per heavy atom. The van der Waals surface area contributed by atoms with Gasteiger partial charge in [-0.2, -0.15) is 0 Å². The highest BCUT2D eigenvalue weighted by molar-refractivity contribution is 5.89. The van der Waals surface area contributed by atoms with Crippen molar-refractivity contribution in [2.24, 2.45) is 4.99 Å². The van der Waals surface area contributed by atoms with Gasteiger partial charge in [-0.25, -0.2) is 4.79 Å². The molecule has 0 spiro atoms. The second kappa shape index (κ2) is 6.43. The molecule has 1 heterocycles. The van der Waals surface area contributed by atoms with E-state index in [0.29, 0.717) is 5.69 Å². The monoisotopic (exact) mass is 294 g/mol.